The normalized spacial score (nSPS) is 18.9. The number of fused-ring (bicyclic) bond motifs is 1. The molecule has 1 aliphatic heterocycles. The summed E-state index contributed by atoms with van der Waals surface area (Å²) in [6.07, 6.45) is 7.99. The van der Waals surface area contributed by atoms with E-state index in [0.717, 1.165) is 49.7 Å². The largest absolute Gasteiger partial charge is 0.379 e. The quantitative estimate of drug-likeness (QED) is 0.620. The summed E-state index contributed by atoms with van der Waals surface area (Å²) in [7, 11) is 0. The standard InChI is InChI=1S/C25H32N6O2/c1-19-28-21(17-31-24(32)22-8-4-3-7-20(22)16-27-31)15-23(29-19)26-18-25(9-5-2-6-10-25)30-11-13-33-14-12-30/h3-4,7-8,15-16H,2,5-6,9-14,17-18H2,1H3,(H,26,28,29). The van der Waals surface area contributed by atoms with E-state index >= 15 is 0 Å². The van der Waals surface area contributed by atoms with Crippen molar-refractivity contribution in [3.8, 4) is 0 Å². The van der Waals surface area contributed by atoms with Crippen LogP contribution in [0.4, 0.5) is 5.82 Å². The summed E-state index contributed by atoms with van der Waals surface area (Å²) in [5.41, 5.74) is 0.823. The van der Waals surface area contributed by atoms with E-state index in [1.807, 2.05) is 37.3 Å². The van der Waals surface area contributed by atoms with Crippen molar-refractivity contribution in [3.05, 3.63) is 58.4 Å². The molecule has 3 heterocycles. The molecule has 3 aromatic rings. The van der Waals surface area contributed by atoms with Gasteiger partial charge in [0.25, 0.3) is 5.56 Å². The second kappa shape index (κ2) is 9.57. The van der Waals surface area contributed by atoms with Crippen molar-refractivity contribution in [1.29, 1.82) is 0 Å². The van der Waals surface area contributed by atoms with Gasteiger partial charge in [0.15, 0.2) is 0 Å². The van der Waals surface area contributed by atoms with E-state index in [0.29, 0.717) is 17.8 Å². The number of aromatic nitrogens is 4. The minimum absolute atomic E-state index is 0.104. The zero-order valence-electron chi connectivity index (χ0n) is 19.3. The lowest BCUT2D eigenvalue weighted by Crippen LogP contribution is -2.58. The zero-order chi connectivity index (χ0) is 22.7. The van der Waals surface area contributed by atoms with Crippen molar-refractivity contribution in [1.82, 2.24) is 24.6 Å². The average Bonchev–Trinajstić information content (AvgIpc) is 2.85. The predicted molar refractivity (Wildman–Crippen MR) is 129 cm³/mol. The molecule has 33 heavy (non-hydrogen) atoms. The van der Waals surface area contributed by atoms with E-state index in [1.165, 1.54) is 36.8 Å². The fourth-order valence-corrected chi connectivity index (χ4v) is 5.30. The van der Waals surface area contributed by atoms with Crippen molar-refractivity contribution in [2.75, 3.05) is 38.2 Å². The smallest absolute Gasteiger partial charge is 0.274 e. The summed E-state index contributed by atoms with van der Waals surface area (Å²) in [4.78, 5) is 24.7. The molecule has 1 aromatic carbocycles. The third-order valence-corrected chi connectivity index (χ3v) is 7.03. The van der Waals surface area contributed by atoms with Gasteiger partial charge >= 0.3 is 0 Å². The lowest BCUT2D eigenvalue weighted by atomic mass is 9.79. The summed E-state index contributed by atoms with van der Waals surface area (Å²) in [5.74, 6) is 1.50. The van der Waals surface area contributed by atoms with E-state index in [2.05, 4.69) is 25.3 Å². The number of benzene rings is 1. The van der Waals surface area contributed by atoms with Crippen molar-refractivity contribution in [2.24, 2.45) is 0 Å². The first-order chi connectivity index (χ1) is 16.1. The molecule has 1 saturated heterocycles. The number of hydrogen-bond donors (Lipinski definition) is 1. The molecule has 2 aromatic heterocycles. The van der Waals surface area contributed by atoms with Crippen molar-refractivity contribution < 1.29 is 4.74 Å². The van der Waals surface area contributed by atoms with Crippen LogP contribution in [0.25, 0.3) is 10.8 Å². The summed E-state index contributed by atoms with van der Waals surface area (Å²) in [6.45, 7) is 6.67. The minimum atomic E-state index is -0.104. The first kappa shape index (κ1) is 22.0. The van der Waals surface area contributed by atoms with Crippen molar-refractivity contribution in [3.63, 3.8) is 0 Å². The monoisotopic (exact) mass is 448 g/mol. The number of morpholine rings is 1. The first-order valence-electron chi connectivity index (χ1n) is 12.0. The van der Waals surface area contributed by atoms with Crippen LogP contribution in [0.5, 0.6) is 0 Å². The molecule has 8 heteroatoms. The molecule has 174 valence electrons. The Kier molecular flexibility index (Phi) is 6.37. The van der Waals surface area contributed by atoms with Gasteiger partial charge in [0, 0.05) is 36.6 Å². The average molecular weight is 449 g/mol. The van der Waals surface area contributed by atoms with E-state index in [4.69, 9.17) is 4.74 Å². The Morgan fingerprint density at radius 2 is 1.88 bits per heavy atom. The van der Waals surface area contributed by atoms with Gasteiger partial charge in [0.05, 0.1) is 37.0 Å². The Labute approximate surface area is 194 Å². The molecule has 1 saturated carbocycles. The Morgan fingerprint density at radius 1 is 1.09 bits per heavy atom. The SMILES string of the molecule is Cc1nc(Cn2ncc3ccccc3c2=O)cc(NCC2(N3CCOCC3)CCCCC2)n1. The Hall–Kier alpha value is -2.84. The minimum Gasteiger partial charge on any atom is -0.379 e. The molecule has 0 atom stereocenters. The maximum atomic E-state index is 12.9. The number of anilines is 1. The van der Waals surface area contributed by atoms with Crippen LogP contribution in [0.15, 0.2) is 41.3 Å². The second-order valence-electron chi connectivity index (χ2n) is 9.22. The molecule has 0 spiro atoms. The molecule has 2 fully saturated rings. The fourth-order valence-electron chi connectivity index (χ4n) is 5.30. The highest BCUT2D eigenvalue weighted by Gasteiger charge is 2.38. The van der Waals surface area contributed by atoms with Crippen LogP contribution in [-0.4, -0.2) is 63.0 Å². The number of ether oxygens (including phenoxy) is 1. The predicted octanol–water partition coefficient (Wildman–Crippen LogP) is 2.99. The maximum Gasteiger partial charge on any atom is 0.274 e. The van der Waals surface area contributed by atoms with Crippen molar-refractivity contribution >= 4 is 16.6 Å². The summed E-state index contributed by atoms with van der Waals surface area (Å²) in [5, 5.41) is 9.50. The molecular formula is C25H32N6O2. The molecule has 2 aliphatic rings. The lowest BCUT2D eigenvalue weighted by molar-refractivity contribution is -0.0318. The molecular weight excluding hydrogens is 416 g/mol. The van der Waals surface area contributed by atoms with E-state index in [9.17, 15) is 4.79 Å². The van der Waals surface area contributed by atoms with Crippen LogP contribution < -0.4 is 10.9 Å². The first-order valence-corrected chi connectivity index (χ1v) is 12.0. The van der Waals surface area contributed by atoms with Crippen LogP contribution in [0, 0.1) is 6.92 Å². The van der Waals surface area contributed by atoms with Gasteiger partial charge in [0.2, 0.25) is 0 Å². The second-order valence-corrected chi connectivity index (χ2v) is 9.22. The highest BCUT2D eigenvalue weighted by molar-refractivity contribution is 5.80. The molecule has 8 nitrogen and oxygen atoms in total. The Morgan fingerprint density at radius 3 is 2.70 bits per heavy atom. The summed E-state index contributed by atoms with van der Waals surface area (Å²) in [6, 6.07) is 9.48. The van der Waals surface area contributed by atoms with Gasteiger partial charge in [-0.15, -0.1) is 0 Å². The number of aryl methyl sites for hydroxylation is 1. The number of nitrogens with zero attached hydrogens (tertiary/aromatic N) is 5. The number of nitrogens with one attached hydrogen (secondary N) is 1. The number of hydrogen-bond acceptors (Lipinski definition) is 7. The van der Waals surface area contributed by atoms with Gasteiger partial charge < -0.3 is 10.1 Å². The lowest BCUT2D eigenvalue weighted by Gasteiger charge is -2.48. The van der Waals surface area contributed by atoms with Gasteiger partial charge in [-0.3, -0.25) is 9.69 Å². The topological polar surface area (TPSA) is 85.2 Å². The van der Waals surface area contributed by atoms with Crippen LogP contribution >= 0.6 is 0 Å². The van der Waals surface area contributed by atoms with Crippen LogP contribution in [0.3, 0.4) is 0 Å². The van der Waals surface area contributed by atoms with E-state index < -0.39 is 0 Å². The van der Waals surface area contributed by atoms with Gasteiger partial charge in [-0.1, -0.05) is 37.5 Å². The van der Waals surface area contributed by atoms with Crippen LogP contribution in [0.2, 0.25) is 0 Å². The van der Waals surface area contributed by atoms with Crippen molar-refractivity contribution in [2.45, 2.75) is 51.1 Å². The molecule has 0 radical (unpaired) electrons. The van der Waals surface area contributed by atoms with E-state index in [1.54, 1.807) is 6.20 Å². The van der Waals surface area contributed by atoms with Crippen LogP contribution in [0.1, 0.15) is 43.6 Å². The fraction of sp³-hybridized carbons (Fsp3) is 0.520. The molecule has 1 aliphatic carbocycles. The highest BCUT2D eigenvalue weighted by Crippen LogP contribution is 2.34. The molecule has 1 N–H and O–H groups in total. The van der Waals surface area contributed by atoms with Gasteiger partial charge in [-0.25, -0.2) is 14.6 Å². The maximum absolute atomic E-state index is 12.9. The van der Waals surface area contributed by atoms with Crippen LogP contribution in [-0.2, 0) is 11.3 Å². The van der Waals surface area contributed by atoms with Gasteiger partial charge in [0.1, 0.15) is 11.6 Å². The highest BCUT2D eigenvalue weighted by atomic mass is 16.5. The Balaban J connectivity index is 1.35. The third kappa shape index (κ3) is 4.77. The molecule has 0 amide bonds. The molecule has 5 rings (SSSR count). The summed E-state index contributed by atoms with van der Waals surface area (Å²) < 4.78 is 7.08. The molecule has 0 bridgehead atoms. The third-order valence-electron chi connectivity index (χ3n) is 7.03. The molecule has 0 unspecified atom stereocenters. The number of rotatable bonds is 6. The van der Waals surface area contributed by atoms with Gasteiger partial charge in [-0.05, 0) is 25.8 Å². The zero-order valence-corrected chi connectivity index (χ0v) is 19.3. The van der Waals surface area contributed by atoms with E-state index in [-0.39, 0.29) is 11.1 Å². The van der Waals surface area contributed by atoms with Gasteiger partial charge in [-0.2, -0.15) is 5.10 Å². The Bertz CT molecular complexity index is 1170. The summed E-state index contributed by atoms with van der Waals surface area (Å²) >= 11 is 0.